The van der Waals surface area contributed by atoms with Gasteiger partial charge < -0.3 is 38.5 Å². The second-order valence-electron chi connectivity index (χ2n) is 10.7. The molecule has 14 nitrogen and oxygen atoms in total. The van der Waals surface area contributed by atoms with Crippen LogP contribution < -0.4 is 14.8 Å². The molecule has 0 radical (unpaired) electrons. The van der Waals surface area contributed by atoms with E-state index >= 15 is 0 Å². The molecule has 1 aliphatic rings. The van der Waals surface area contributed by atoms with E-state index in [0.29, 0.717) is 0 Å². The summed E-state index contributed by atoms with van der Waals surface area (Å²) in [5.74, 6) is -6.73. The summed E-state index contributed by atoms with van der Waals surface area (Å²) < 4.78 is 72.8. The van der Waals surface area contributed by atoms with Gasteiger partial charge >= 0.3 is 30.1 Å². The van der Waals surface area contributed by atoms with Crippen LogP contribution in [0.1, 0.15) is 36.8 Å². The molecule has 48 heavy (non-hydrogen) atoms. The summed E-state index contributed by atoms with van der Waals surface area (Å²) in [6.45, 7) is 0.413. The Balaban J connectivity index is 1.77. The van der Waals surface area contributed by atoms with Crippen LogP contribution in [0.4, 0.5) is 13.2 Å². The first-order valence-corrected chi connectivity index (χ1v) is 14.6. The van der Waals surface area contributed by atoms with Gasteiger partial charge in [-0.3, -0.25) is 14.4 Å². The number of methoxy groups -OCH3 is 1. The van der Waals surface area contributed by atoms with Gasteiger partial charge in [-0.15, -0.1) is 0 Å². The largest absolute Gasteiger partial charge is 0.493 e. The highest BCUT2D eigenvalue weighted by atomic mass is 19.4. The third-order valence-electron chi connectivity index (χ3n) is 6.68. The number of alkyl halides is 3. The molecule has 17 heteroatoms. The van der Waals surface area contributed by atoms with E-state index in [1.807, 2.05) is 0 Å². The fraction of sp³-hybridized carbons (Fsp3) is 0.484. The number of hydrogen-bond donors (Lipinski definition) is 1. The molecule has 0 spiro atoms. The van der Waals surface area contributed by atoms with Gasteiger partial charge in [0.25, 0.3) is 5.91 Å². The molecule has 1 amide bonds. The molecule has 0 aliphatic carbocycles. The molecule has 0 bridgehead atoms. The predicted octanol–water partition coefficient (Wildman–Crippen LogP) is 2.56. The van der Waals surface area contributed by atoms with Gasteiger partial charge in [0.1, 0.15) is 31.8 Å². The number of nitrogens with zero attached hydrogens (tertiary/aromatic N) is 1. The maximum Gasteiger partial charge on any atom is 0.411 e. The van der Waals surface area contributed by atoms with Crippen molar-refractivity contribution >= 4 is 29.8 Å². The molecular formula is C31H35F3N2O12. The third kappa shape index (κ3) is 11.1. The van der Waals surface area contributed by atoms with E-state index in [1.54, 1.807) is 44.2 Å². The molecule has 1 N–H and O–H groups in total. The number of carbonyl (C=O) groups is 5. The van der Waals surface area contributed by atoms with E-state index < -0.39 is 98.4 Å². The summed E-state index contributed by atoms with van der Waals surface area (Å²) in [4.78, 5) is 68.3. The maximum atomic E-state index is 13.4. The number of nitrogens with one attached hydrogen (secondary N) is 1. The number of ether oxygens (including phenoxy) is 7. The lowest BCUT2D eigenvalue weighted by Crippen LogP contribution is -2.47. The molecule has 1 unspecified atom stereocenters. The van der Waals surface area contributed by atoms with Crippen molar-refractivity contribution in [3.05, 3.63) is 53.9 Å². The zero-order valence-electron chi connectivity index (χ0n) is 26.4. The van der Waals surface area contributed by atoms with Crippen molar-refractivity contribution in [2.24, 2.45) is 11.8 Å². The molecular weight excluding hydrogens is 649 g/mol. The van der Waals surface area contributed by atoms with Crippen LogP contribution in [0.5, 0.6) is 11.5 Å². The van der Waals surface area contributed by atoms with E-state index in [-0.39, 0.29) is 17.9 Å². The first-order valence-electron chi connectivity index (χ1n) is 14.6. The molecule has 2 heterocycles. The van der Waals surface area contributed by atoms with Crippen molar-refractivity contribution in [1.82, 2.24) is 10.3 Å². The van der Waals surface area contributed by atoms with Crippen molar-refractivity contribution < 1.29 is 70.3 Å². The zero-order chi connectivity index (χ0) is 35.4. The van der Waals surface area contributed by atoms with Gasteiger partial charge in [-0.25, -0.2) is 14.6 Å². The second kappa shape index (κ2) is 17.3. The van der Waals surface area contributed by atoms with Crippen LogP contribution in [-0.2, 0) is 49.3 Å². The molecule has 2 aromatic rings. The van der Waals surface area contributed by atoms with Crippen molar-refractivity contribution in [3.63, 3.8) is 0 Å². The number of amides is 1. The number of aromatic nitrogens is 1. The minimum atomic E-state index is -4.65. The van der Waals surface area contributed by atoms with Crippen LogP contribution in [0, 0.1) is 11.8 Å². The van der Waals surface area contributed by atoms with Crippen molar-refractivity contribution in [2.45, 2.75) is 51.6 Å². The van der Waals surface area contributed by atoms with Gasteiger partial charge in [0, 0.05) is 12.3 Å². The van der Waals surface area contributed by atoms with Gasteiger partial charge in [0.15, 0.2) is 29.3 Å². The Morgan fingerprint density at radius 2 is 1.79 bits per heavy atom. The molecule has 1 aromatic heterocycles. The van der Waals surface area contributed by atoms with E-state index in [4.69, 9.17) is 28.4 Å². The number of cyclic esters (lactones) is 2. The first-order chi connectivity index (χ1) is 22.7. The molecule has 1 fully saturated rings. The minimum Gasteiger partial charge on any atom is -0.493 e. The van der Waals surface area contributed by atoms with Gasteiger partial charge in [-0.2, -0.15) is 13.2 Å². The van der Waals surface area contributed by atoms with Crippen molar-refractivity contribution in [2.75, 3.05) is 33.7 Å². The number of benzene rings is 1. The number of carbonyl (C=O) groups excluding carboxylic acids is 5. The molecule has 1 aromatic carbocycles. The van der Waals surface area contributed by atoms with Crippen LogP contribution in [0.3, 0.4) is 0 Å². The number of esters is 4. The number of rotatable bonds is 13. The first kappa shape index (κ1) is 37.5. The topological polar surface area (TPSA) is 175 Å². The summed E-state index contributed by atoms with van der Waals surface area (Å²) in [5.41, 5.74) is 0.264. The molecule has 262 valence electrons. The lowest BCUT2D eigenvalue weighted by atomic mass is 9.91. The van der Waals surface area contributed by atoms with E-state index in [9.17, 15) is 37.1 Å². The standard InChI is InChI=1S/C31H35F3N2O12/c1-17(2)28(39)48-25-18(3)47-30(41)21(13-44-29(40)20(25)12-19-8-6-5-7-9-19)36-27(38)24-26(22(42-4)10-11-35-24)46-16-45-23(37)14-43-15-31(32,33)34/h5-11,17-18,20-21,25H,12-16H2,1-4H3,(H,36,38)/t18-,20?,21-,25-/m0/s1. The van der Waals surface area contributed by atoms with Crippen LogP contribution in [0.25, 0.3) is 0 Å². The van der Waals surface area contributed by atoms with Gasteiger partial charge in [0.2, 0.25) is 6.79 Å². The van der Waals surface area contributed by atoms with E-state index in [1.165, 1.54) is 26.3 Å². The summed E-state index contributed by atoms with van der Waals surface area (Å²) >= 11 is 0. The lowest BCUT2D eigenvalue weighted by Gasteiger charge is -2.29. The van der Waals surface area contributed by atoms with Gasteiger partial charge in [-0.05, 0) is 18.9 Å². The fourth-order valence-corrected chi connectivity index (χ4v) is 4.32. The zero-order valence-corrected chi connectivity index (χ0v) is 26.4. The molecule has 4 atom stereocenters. The van der Waals surface area contributed by atoms with E-state index in [2.05, 4.69) is 15.0 Å². The van der Waals surface area contributed by atoms with Gasteiger partial charge in [-0.1, -0.05) is 44.2 Å². The number of hydrogen-bond acceptors (Lipinski definition) is 13. The van der Waals surface area contributed by atoms with Crippen LogP contribution >= 0.6 is 0 Å². The Labute approximate surface area is 273 Å². The summed E-state index contributed by atoms with van der Waals surface area (Å²) in [5, 5.41) is 2.36. The van der Waals surface area contributed by atoms with Crippen LogP contribution in [0.15, 0.2) is 42.6 Å². The normalized spacial score (nSPS) is 19.9. The molecule has 1 saturated heterocycles. The van der Waals surface area contributed by atoms with Crippen molar-refractivity contribution in [1.29, 1.82) is 0 Å². The quantitative estimate of drug-likeness (QED) is 0.185. The van der Waals surface area contributed by atoms with Gasteiger partial charge in [0.05, 0.1) is 13.0 Å². The average Bonchev–Trinajstić information content (AvgIpc) is 3.06. The Kier molecular flexibility index (Phi) is 13.5. The minimum absolute atomic E-state index is 0.0600. The summed E-state index contributed by atoms with van der Waals surface area (Å²) in [7, 11) is 1.23. The molecule has 0 saturated carbocycles. The Morgan fingerprint density at radius 1 is 1.08 bits per heavy atom. The summed E-state index contributed by atoms with van der Waals surface area (Å²) in [6.07, 6.45) is -5.77. The third-order valence-corrected chi connectivity index (χ3v) is 6.68. The Bertz CT molecular complexity index is 1440. The monoisotopic (exact) mass is 684 g/mol. The number of halogens is 3. The SMILES string of the molecule is COc1ccnc(C(=O)N[C@H]2COC(=O)C(Cc3ccccc3)[C@@H](OC(=O)C(C)C)[C@H](C)OC2=O)c1OCOC(=O)COCC(F)(F)F. The Morgan fingerprint density at radius 3 is 2.44 bits per heavy atom. The average molecular weight is 685 g/mol. The summed E-state index contributed by atoms with van der Waals surface area (Å²) in [6, 6.07) is 8.59. The van der Waals surface area contributed by atoms with E-state index in [0.717, 1.165) is 5.56 Å². The maximum absolute atomic E-state index is 13.4. The molecule has 3 rings (SSSR count). The highest BCUT2D eigenvalue weighted by Gasteiger charge is 2.42. The Hall–Kier alpha value is -4.93. The fourth-order valence-electron chi connectivity index (χ4n) is 4.32. The van der Waals surface area contributed by atoms with Crippen LogP contribution in [0.2, 0.25) is 0 Å². The lowest BCUT2D eigenvalue weighted by molar-refractivity contribution is -0.183. The highest BCUT2D eigenvalue weighted by molar-refractivity contribution is 5.98. The molecule has 1 aliphatic heterocycles. The van der Waals surface area contributed by atoms with Crippen molar-refractivity contribution in [3.8, 4) is 11.5 Å². The highest BCUT2D eigenvalue weighted by Crippen LogP contribution is 2.30. The predicted molar refractivity (Wildman–Crippen MR) is 155 cm³/mol. The number of pyridine rings is 1. The second-order valence-corrected chi connectivity index (χ2v) is 10.7. The smallest absolute Gasteiger partial charge is 0.411 e. The van der Waals surface area contributed by atoms with Crippen LogP contribution in [-0.4, -0.2) is 92.9 Å².